The fourth-order valence-electron chi connectivity index (χ4n) is 5.88. The van der Waals surface area contributed by atoms with Crippen molar-refractivity contribution in [3.63, 3.8) is 0 Å². The van der Waals surface area contributed by atoms with E-state index in [1.165, 1.54) is 31.5 Å². The Bertz CT molecular complexity index is 706. The van der Waals surface area contributed by atoms with Crippen molar-refractivity contribution < 1.29 is 14.3 Å². The molecule has 0 aromatic heterocycles. The first-order chi connectivity index (χ1) is 13.6. The summed E-state index contributed by atoms with van der Waals surface area (Å²) in [5.74, 6) is 1.45. The number of likely N-dealkylation sites (tertiary alicyclic amines) is 2. The predicted molar refractivity (Wildman–Crippen MR) is 107 cm³/mol. The average molecular weight is 385 g/mol. The maximum Gasteiger partial charge on any atom is 0.409 e. The summed E-state index contributed by atoms with van der Waals surface area (Å²) >= 11 is 0. The highest BCUT2D eigenvalue weighted by atomic mass is 16.6. The van der Waals surface area contributed by atoms with Gasteiger partial charge < -0.3 is 14.4 Å². The molecule has 4 fully saturated rings. The topological polar surface area (TPSA) is 42.0 Å². The Balaban J connectivity index is 1.07. The summed E-state index contributed by atoms with van der Waals surface area (Å²) in [5, 5.41) is 0. The van der Waals surface area contributed by atoms with Crippen LogP contribution in [0, 0.1) is 17.3 Å². The lowest BCUT2D eigenvalue weighted by Gasteiger charge is -2.49. The van der Waals surface area contributed by atoms with Gasteiger partial charge in [-0.25, -0.2) is 4.79 Å². The van der Waals surface area contributed by atoms with Crippen molar-refractivity contribution in [1.29, 1.82) is 0 Å². The van der Waals surface area contributed by atoms with Crippen molar-refractivity contribution in [2.24, 2.45) is 17.3 Å². The third-order valence-corrected chi connectivity index (χ3v) is 7.59. The van der Waals surface area contributed by atoms with Gasteiger partial charge in [-0.2, -0.15) is 0 Å². The molecular weight excluding hydrogens is 352 g/mol. The summed E-state index contributed by atoms with van der Waals surface area (Å²) in [6, 6.07) is 11.3. The molecular formula is C23H32N2O3. The third-order valence-electron chi connectivity index (χ3n) is 7.59. The summed E-state index contributed by atoms with van der Waals surface area (Å²) < 4.78 is 11.5. The first-order valence-electron chi connectivity index (χ1n) is 10.9. The highest BCUT2D eigenvalue weighted by Gasteiger charge is 2.61. The minimum atomic E-state index is -0.127. The summed E-state index contributed by atoms with van der Waals surface area (Å²) in [6.07, 6.45) is 4.14. The summed E-state index contributed by atoms with van der Waals surface area (Å²) in [7, 11) is 0. The van der Waals surface area contributed by atoms with Gasteiger partial charge in [0.25, 0.3) is 0 Å². The molecule has 4 aliphatic rings. The number of nitrogens with zero attached hydrogens (tertiary/aromatic N) is 2. The van der Waals surface area contributed by atoms with E-state index in [1.54, 1.807) is 0 Å². The quantitative estimate of drug-likeness (QED) is 0.776. The average Bonchev–Trinajstić information content (AvgIpc) is 3.08. The monoisotopic (exact) mass is 384 g/mol. The zero-order chi connectivity index (χ0) is 19.3. The first-order valence-corrected chi connectivity index (χ1v) is 10.9. The van der Waals surface area contributed by atoms with Crippen LogP contribution in [0.3, 0.4) is 0 Å². The molecule has 2 heterocycles. The van der Waals surface area contributed by atoms with Gasteiger partial charge in [-0.3, -0.25) is 4.90 Å². The Morgan fingerprint density at radius 3 is 2.61 bits per heavy atom. The minimum Gasteiger partial charge on any atom is -0.450 e. The molecule has 2 aliphatic carbocycles. The van der Waals surface area contributed by atoms with Crippen molar-refractivity contribution in [2.45, 2.75) is 51.4 Å². The van der Waals surface area contributed by atoms with Crippen molar-refractivity contribution in [1.82, 2.24) is 9.80 Å². The zero-order valence-electron chi connectivity index (χ0n) is 17.0. The molecule has 2 aliphatic heterocycles. The molecule has 5 heteroatoms. The van der Waals surface area contributed by atoms with Gasteiger partial charge in [0.15, 0.2) is 0 Å². The summed E-state index contributed by atoms with van der Waals surface area (Å²) in [4.78, 5) is 16.6. The van der Waals surface area contributed by atoms with E-state index in [9.17, 15) is 4.79 Å². The highest BCUT2D eigenvalue weighted by molar-refractivity contribution is 5.68. The molecule has 1 amide bonds. The molecule has 2 saturated carbocycles. The van der Waals surface area contributed by atoms with E-state index in [0.717, 1.165) is 31.3 Å². The van der Waals surface area contributed by atoms with Gasteiger partial charge in [0.1, 0.15) is 0 Å². The molecule has 2 unspecified atom stereocenters. The number of rotatable bonds is 5. The molecule has 0 N–H and O–H groups in total. The van der Waals surface area contributed by atoms with Crippen molar-refractivity contribution in [3.05, 3.63) is 35.9 Å². The van der Waals surface area contributed by atoms with Crippen molar-refractivity contribution in [2.75, 3.05) is 32.8 Å². The molecule has 28 heavy (non-hydrogen) atoms. The maximum atomic E-state index is 12.0. The van der Waals surface area contributed by atoms with E-state index in [2.05, 4.69) is 42.2 Å². The first kappa shape index (κ1) is 18.4. The zero-order valence-corrected chi connectivity index (χ0v) is 17.0. The fourth-order valence-corrected chi connectivity index (χ4v) is 5.88. The Hall–Kier alpha value is -1.59. The van der Waals surface area contributed by atoms with Crippen LogP contribution in [-0.4, -0.2) is 60.8 Å². The predicted octanol–water partition coefficient (Wildman–Crippen LogP) is 3.71. The van der Waals surface area contributed by atoms with Crippen LogP contribution < -0.4 is 0 Å². The van der Waals surface area contributed by atoms with Crippen LogP contribution in [0.4, 0.5) is 4.79 Å². The van der Waals surface area contributed by atoms with Gasteiger partial charge in [-0.1, -0.05) is 30.3 Å². The molecule has 2 saturated heterocycles. The Labute approximate surface area is 168 Å². The highest BCUT2D eigenvalue weighted by Crippen LogP contribution is 2.55. The Kier molecular flexibility index (Phi) is 4.63. The third kappa shape index (κ3) is 3.22. The number of carbonyl (C=O) groups is 1. The smallest absolute Gasteiger partial charge is 0.409 e. The largest absolute Gasteiger partial charge is 0.450 e. The Morgan fingerprint density at radius 2 is 1.93 bits per heavy atom. The van der Waals surface area contributed by atoms with Gasteiger partial charge in [0, 0.05) is 44.1 Å². The number of hydrogen-bond acceptors (Lipinski definition) is 4. The molecule has 5 nitrogen and oxygen atoms in total. The van der Waals surface area contributed by atoms with Crippen molar-refractivity contribution >= 4 is 6.09 Å². The number of piperidine rings is 1. The molecule has 152 valence electrons. The molecule has 1 aromatic carbocycles. The van der Waals surface area contributed by atoms with E-state index in [0.29, 0.717) is 24.2 Å². The summed E-state index contributed by atoms with van der Waals surface area (Å²) in [5.41, 5.74) is 1.64. The van der Waals surface area contributed by atoms with Gasteiger partial charge in [-0.05, 0) is 44.1 Å². The molecule has 1 spiro atoms. The Morgan fingerprint density at radius 1 is 1.21 bits per heavy atom. The van der Waals surface area contributed by atoms with Gasteiger partial charge >= 0.3 is 6.09 Å². The van der Waals surface area contributed by atoms with E-state index in [1.807, 2.05) is 11.8 Å². The number of ether oxygens (including phenoxy) is 2. The van der Waals surface area contributed by atoms with E-state index in [-0.39, 0.29) is 12.2 Å². The second-order valence-electron chi connectivity index (χ2n) is 9.37. The van der Waals surface area contributed by atoms with Crippen LogP contribution in [0.2, 0.25) is 0 Å². The maximum absolute atomic E-state index is 12.0. The van der Waals surface area contributed by atoms with Crippen LogP contribution in [-0.2, 0) is 9.47 Å². The number of amides is 1. The van der Waals surface area contributed by atoms with Gasteiger partial charge in [0.2, 0.25) is 0 Å². The molecule has 5 rings (SSSR count). The van der Waals surface area contributed by atoms with Crippen LogP contribution >= 0.6 is 0 Å². The number of benzene rings is 1. The van der Waals surface area contributed by atoms with Gasteiger partial charge in [0.05, 0.1) is 18.8 Å². The van der Waals surface area contributed by atoms with Crippen LogP contribution in [0.1, 0.15) is 44.8 Å². The lowest BCUT2D eigenvalue weighted by Crippen LogP contribution is -2.52. The second-order valence-corrected chi connectivity index (χ2v) is 9.37. The SMILES string of the molecule is CCOC(=O)N1CCC2(CC(N3C[C@@H]4C(OC(C)c5ccccc5)[C@@H]4C3)C2)C1. The van der Waals surface area contributed by atoms with Gasteiger partial charge in [-0.15, -0.1) is 0 Å². The fraction of sp³-hybridized carbons (Fsp3) is 0.696. The minimum absolute atomic E-state index is 0.127. The number of carbonyl (C=O) groups excluding carboxylic acids is 1. The van der Waals surface area contributed by atoms with Crippen LogP contribution in [0.15, 0.2) is 30.3 Å². The molecule has 4 atom stereocenters. The number of hydrogen-bond donors (Lipinski definition) is 0. The van der Waals surface area contributed by atoms with E-state index >= 15 is 0 Å². The molecule has 1 aromatic rings. The van der Waals surface area contributed by atoms with Crippen molar-refractivity contribution in [3.8, 4) is 0 Å². The second kappa shape index (κ2) is 7.03. The lowest BCUT2D eigenvalue weighted by molar-refractivity contribution is -0.0137. The van der Waals surface area contributed by atoms with E-state index < -0.39 is 0 Å². The lowest BCUT2D eigenvalue weighted by atomic mass is 9.64. The number of fused-ring (bicyclic) bond motifs is 1. The standard InChI is InChI=1S/C23H32N2O3/c1-3-27-22(26)24-10-9-23(15-24)11-18(12-23)25-13-19-20(14-25)21(19)28-16(2)17-7-5-4-6-8-17/h4-8,16,18-21H,3,9-15H2,1-2H3/t16?,18?,19-,20+,21?,23?. The van der Waals surface area contributed by atoms with Crippen LogP contribution in [0.5, 0.6) is 0 Å². The van der Waals surface area contributed by atoms with Crippen LogP contribution in [0.25, 0.3) is 0 Å². The van der Waals surface area contributed by atoms with E-state index in [4.69, 9.17) is 9.47 Å². The molecule has 0 radical (unpaired) electrons. The molecule has 0 bridgehead atoms. The summed E-state index contributed by atoms with van der Waals surface area (Å²) in [6.45, 7) is 8.66. The normalized spacial score (nSPS) is 37.6.